The Hall–Kier alpha value is -3.48. The Bertz CT molecular complexity index is 988. The Morgan fingerprint density at radius 2 is 1.78 bits per heavy atom. The highest BCUT2D eigenvalue weighted by Gasteiger charge is 2.45. The van der Waals surface area contributed by atoms with Crippen molar-refractivity contribution in [1.82, 2.24) is 15.5 Å². The lowest BCUT2D eigenvalue weighted by atomic mass is 10.1. The molecule has 0 spiro atoms. The first-order chi connectivity index (χ1) is 17.3. The van der Waals surface area contributed by atoms with Crippen LogP contribution < -0.4 is 16.4 Å². The number of nitrogens with one attached hydrogen (secondary N) is 2. The summed E-state index contributed by atoms with van der Waals surface area (Å²) in [6, 6.07) is 3.60. The lowest BCUT2D eigenvalue weighted by Crippen LogP contribution is -2.56. The first-order valence-corrected chi connectivity index (χ1v) is 11.8. The lowest BCUT2D eigenvalue weighted by Gasteiger charge is -2.28. The number of hydrogen-bond acceptors (Lipinski definition) is 7. The van der Waals surface area contributed by atoms with Crippen molar-refractivity contribution < 1.29 is 41.9 Å². The molecule has 1 aromatic carbocycles. The van der Waals surface area contributed by atoms with Gasteiger partial charge < -0.3 is 26.0 Å². The minimum atomic E-state index is -5.11. The molecule has 1 heterocycles. The number of alkyl halides is 3. The van der Waals surface area contributed by atoms with Gasteiger partial charge in [-0.25, -0.2) is 0 Å². The van der Waals surface area contributed by atoms with Crippen LogP contribution >= 0.6 is 0 Å². The van der Waals surface area contributed by atoms with Crippen LogP contribution in [0.5, 0.6) is 0 Å². The number of ketones is 1. The molecule has 0 saturated carbocycles. The molecule has 2 rings (SSSR count). The van der Waals surface area contributed by atoms with Crippen LogP contribution in [-0.2, 0) is 35.3 Å². The maximum Gasteiger partial charge on any atom is 0.452 e. The number of carbonyl (C=O) groups excluding carboxylic acids is 5. The second-order valence-electron chi connectivity index (χ2n) is 8.71. The monoisotopic (exact) mass is 528 g/mol. The van der Waals surface area contributed by atoms with E-state index in [9.17, 15) is 37.1 Å². The number of benzene rings is 1. The zero-order valence-electron chi connectivity index (χ0n) is 20.5. The predicted molar refractivity (Wildman–Crippen MR) is 124 cm³/mol. The molecular weight excluding hydrogens is 497 g/mol. The van der Waals surface area contributed by atoms with E-state index in [-0.39, 0.29) is 26.0 Å². The van der Waals surface area contributed by atoms with Gasteiger partial charge in [-0.15, -0.1) is 0 Å². The highest BCUT2D eigenvalue weighted by atomic mass is 19.4. The predicted octanol–water partition coefficient (Wildman–Crippen LogP) is 0.969. The van der Waals surface area contributed by atoms with Gasteiger partial charge in [0.1, 0.15) is 18.7 Å². The highest BCUT2D eigenvalue weighted by Crippen LogP contribution is 2.22. The molecule has 204 valence electrons. The Morgan fingerprint density at radius 1 is 1.14 bits per heavy atom. The first kappa shape index (κ1) is 29.7. The van der Waals surface area contributed by atoms with Crippen LogP contribution in [0.25, 0.3) is 0 Å². The topological polar surface area (TPSA) is 148 Å². The van der Waals surface area contributed by atoms with E-state index in [1.54, 1.807) is 24.3 Å². The third-order valence-electron chi connectivity index (χ3n) is 5.85. The molecule has 4 atom stereocenters. The number of hydrogen-bond donors (Lipinski definition) is 3. The van der Waals surface area contributed by atoms with E-state index in [2.05, 4.69) is 10.6 Å². The fraction of sp³-hybridized carbons (Fsp3) is 0.542. The molecular formula is C24H31F3N4O6. The molecule has 1 aliphatic rings. The Morgan fingerprint density at radius 3 is 2.38 bits per heavy atom. The molecule has 1 fully saturated rings. The molecule has 0 bridgehead atoms. The molecule has 4 N–H and O–H groups in total. The largest absolute Gasteiger partial charge is 0.461 e. The van der Waals surface area contributed by atoms with Gasteiger partial charge in [0.25, 0.3) is 5.78 Å². The smallest absolute Gasteiger partial charge is 0.452 e. The van der Waals surface area contributed by atoms with Gasteiger partial charge >= 0.3 is 12.1 Å². The summed E-state index contributed by atoms with van der Waals surface area (Å²) in [5, 5.41) is 4.47. The maximum atomic E-state index is 12.9. The van der Waals surface area contributed by atoms with Crippen molar-refractivity contribution in [2.45, 2.75) is 76.5 Å². The van der Waals surface area contributed by atoms with Crippen molar-refractivity contribution in [2.24, 2.45) is 5.73 Å². The summed E-state index contributed by atoms with van der Waals surface area (Å²) < 4.78 is 43.4. The third kappa shape index (κ3) is 8.55. The van der Waals surface area contributed by atoms with Gasteiger partial charge in [0.2, 0.25) is 17.7 Å². The number of halogens is 3. The normalized spacial score (nSPS) is 17.9. The quantitative estimate of drug-likeness (QED) is 0.363. The van der Waals surface area contributed by atoms with Crippen LogP contribution in [0.3, 0.4) is 0 Å². The summed E-state index contributed by atoms with van der Waals surface area (Å²) >= 11 is 0. The molecule has 13 heteroatoms. The fourth-order valence-corrected chi connectivity index (χ4v) is 3.82. The average molecular weight is 529 g/mol. The second kappa shape index (κ2) is 13.2. The van der Waals surface area contributed by atoms with Crippen LogP contribution in [0.4, 0.5) is 13.2 Å². The van der Waals surface area contributed by atoms with E-state index in [1.165, 1.54) is 13.8 Å². The first-order valence-electron chi connectivity index (χ1n) is 11.8. The minimum Gasteiger partial charge on any atom is -0.461 e. The summed E-state index contributed by atoms with van der Waals surface area (Å²) in [6.07, 6.45) is -5.23. The Labute approximate surface area is 212 Å². The van der Waals surface area contributed by atoms with E-state index in [0.717, 1.165) is 10.5 Å². The maximum absolute atomic E-state index is 12.9. The van der Waals surface area contributed by atoms with Gasteiger partial charge in [0.05, 0.1) is 18.5 Å². The average Bonchev–Trinajstić information content (AvgIpc) is 3.35. The fourth-order valence-electron chi connectivity index (χ4n) is 3.82. The summed E-state index contributed by atoms with van der Waals surface area (Å²) in [7, 11) is 0. The minimum absolute atomic E-state index is 0.00870. The summed E-state index contributed by atoms with van der Waals surface area (Å²) in [6.45, 7) is 2.83. The number of ether oxygens (including phenoxy) is 1. The van der Waals surface area contributed by atoms with Gasteiger partial charge in [-0.1, -0.05) is 37.3 Å². The van der Waals surface area contributed by atoms with E-state index in [4.69, 9.17) is 10.5 Å². The van der Waals surface area contributed by atoms with Crippen LogP contribution in [0, 0.1) is 0 Å². The van der Waals surface area contributed by atoms with Crippen LogP contribution in [-0.4, -0.2) is 71.3 Å². The number of likely N-dealkylation sites (tertiary alicyclic amines) is 1. The second-order valence-corrected chi connectivity index (χ2v) is 8.71. The molecule has 3 amide bonds. The van der Waals surface area contributed by atoms with Crippen LogP contribution in [0.2, 0.25) is 0 Å². The van der Waals surface area contributed by atoms with Crippen LogP contribution in [0.1, 0.15) is 45.1 Å². The molecule has 1 saturated heterocycles. The summed E-state index contributed by atoms with van der Waals surface area (Å²) in [5.74, 6) is -5.11. The van der Waals surface area contributed by atoms with Gasteiger partial charge in [-0.2, -0.15) is 13.2 Å². The van der Waals surface area contributed by atoms with E-state index < -0.39 is 66.2 Å². The number of rotatable bonds is 11. The van der Waals surface area contributed by atoms with Crippen molar-refractivity contribution >= 4 is 29.5 Å². The molecule has 1 aliphatic heterocycles. The van der Waals surface area contributed by atoms with Crippen molar-refractivity contribution in [1.29, 1.82) is 0 Å². The van der Waals surface area contributed by atoms with Gasteiger partial charge in [0.15, 0.2) is 0 Å². The molecule has 0 radical (unpaired) electrons. The van der Waals surface area contributed by atoms with Crippen molar-refractivity contribution in [3.8, 4) is 0 Å². The Balaban J connectivity index is 1.89. The lowest BCUT2D eigenvalue weighted by molar-refractivity contribution is -0.174. The van der Waals surface area contributed by atoms with Crippen LogP contribution in [0.15, 0.2) is 30.3 Å². The zero-order chi connectivity index (χ0) is 27.8. The molecule has 0 aliphatic carbocycles. The molecule has 37 heavy (non-hydrogen) atoms. The molecule has 1 aromatic rings. The number of Topliss-reactive ketones (excluding diaryl/α,β-unsaturated/α-hetero) is 1. The number of nitrogens with zero attached hydrogens (tertiary/aromatic N) is 1. The molecule has 0 unspecified atom stereocenters. The van der Waals surface area contributed by atoms with Gasteiger partial charge in [-0.05, 0) is 31.7 Å². The summed E-state index contributed by atoms with van der Waals surface area (Å²) in [5.41, 5.74) is 6.53. The third-order valence-corrected chi connectivity index (χ3v) is 5.85. The number of carbonyl (C=O) groups is 5. The molecule has 0 aromatic heterocycles. The SMILES string of the molecule is CC[C@H](NC(=O)[C@@H]1CCCN1C(=O)[C@H](C)NC(=O)[C@@H](N)CC(=O)OCc1ccccc1)C(=O)C(F)(F)F. The standard InChI is InChI=1S/C24H31F3N4O6/c1-3-17(20(33)24(25,26)27)30-22(35)18-10-7-11-31(18)23(36)14(2)29-21(34)16(28)12-19(32)37-13-15-8-5-4-6-9-15/h4-6,8-9,14,16-18H,3,7,10-13,28H2,1-2H3,(H,29,34)(H,30,35)/t14-,16-,17-,18-/m0/s1. The van der Waals surface area contributed by atoms with E-state index >= 15 is 0 Å². The Kier molecular flexibility index (Phi) is 10.6. The molecule has 10 nitrogen and oxygen atoms in total. The van der Waals surface area contributed by atoms with E-state index in [1.807, 2.05) is 6.07 Å². The summed E-state index contributed by atoms with van der Waals surface area (Å²) in [4.78, 5) is 62.6. The van der Waals surface area contributed by atoms with Crippen molar-refractivity contribution in [3.63, 3.8) is 0 Å². The number of esters is 1. The van der Waals surface area contributed by atoms with Gasteiger partial charge in [-0.3, -0.25) is 24.0 Å². The van der Waals surface area contributed by atoms with Crippen molar-refractivity contribution in [2.75, 3.05) is 6.54 Å². The van der Waals surface area contributed by atoms with Crippen molar-refractivity contribution in [3.05, 3.63) is 35.9 Å². The van der Waals surface area contributed by atoms with Gasteiger partial charge in [0, 0.05) is 6.54 Å². The number of amides is 3. The zero-order valence-corrected chi connectivity index (χ0v) is 20.5. The highest BCUT2D eigenvalue weighted by molar-refractivity contribution is 5.96. The van der Waals surface area contributed by atoms with E-state index in [0.29, 0.717) is 6.42 Å². The number of nitrogens with two attached hydrogens (primary N) is 1.